The Morgan fingerprint density at radius 2 is 1.87 bits per heavy atom. The predicted molar refractivity (Wildman–Crippen MR) is 109 cm³/mol. The molecule has 0 amide bonds. The van der Waals surface area contributed by atoms with Crippen LogP contribution in [0.2, 0.25) is 0 Å². The molecule has 2 atom stereocenters. The maximum absolute atomic E-state index is 13.9. The van der Waals surface area contributed by atoms with Gasteiger partial charge in [0.1, 0.15) is 11.9 Å². The summed E-state index contributed by atoms with van der Waals surface area (Å²) < 4.78 is 48.1. The van der Waals surface area contributed by atoms with Crippen molar-refractivity contribution in [3.63, 3.8) is 0 Å². The van der Waals surface area contributed by atoms with E-state index < -0.39 is 23.9 Å². The molecule has 2 aromatic rings. The zero-order chi connectivity index (χ0) is 22.0. The van der Waals surface area contributed by atoms with E-state index in [0.717, 1.165) is 10.5 Å². The highest BCUT2D eigenvalue weighted by molar-refractivity contribution is 5.47. The first-order valence-corrected chi connectivity index (χ1v) is 10.3. The number of hydrogen-bond donors (Lipinski definition) is 1. The standard InChI is InChI=1S/C21H25F3N4O3/c22-21(23,24)17-6-7-27-19(30)13-18(26-8-10-31-11-9-26)25-20(27)28(17)14-16(29)12-15-4-2-1-3-5-15/h1-5,13,16-17,29H,6-12,14H2. The third-order valence-corrected chi connectivity index (χ3v) is 5.67. The number of nitrogens with zero attached hydrogens (tertiary/aromatic N) is 4. The van der Waals surface area contributed by atoms with E-state index in [-0.39, 0.29) is 31.9 Å². The number of aliphatic hydroxyl groups is 1. The van der Waals surface area contributed by atoms with Crippen molar-refractivity contribution in [2.45, 2.75) is 37.7 Å². The number of aliphatic hydroxyl groups excluding tert-OH is 1. The van der Waals surface area contributed by atoms with Crippen LogP contribution >= 0.6 is 0 Å². The van der Waals surface area contributed by atoms with E-state index in [1.54, 1.807) is 0 Å². The Kier molecular flexibility index (Phi) is 6.19. The normalized spacial score (nSPS) is 20.5. The highest BCUT2D eigenvalue weighted by Gasteiger charge is 2.47. The third-order valence-electron chi connectivity index (χ3n) is 5.67. The van der Waals surface area contributed by atoms with Gasteiger partial charge in [-0.25, -0.2) is 0 Å². The molecular formula is C21H25F3N4O3. The quantitative estimate of drug-likeness (QED) is 0.768. The van der Waals surface area contributed by atoms with Gasteiger partial charge >= 0.3 is 6.18 Å². The number of rotatable bonds is 5. The van der Waals surface area contributed by atoms with Gasteiger partial charge in [-0.3, -0.25) is 9.36 Å². The van der Waals surface area contributed by atoms with E-state index >= 15 is 0 Å². The Morgan fingerprint density at radius 3 is 2.55 bits per heavy atom. The molecule has 31 heavy (non-hydrogen) atoms. The first kappa shape index (κ1) is 21.6. The van der Waals surface area contributed by atoms with E-state index in [1.807, 2.05) is 35.2 Å². The Morgan fingerprint density at radius 1 is 1.16 bits per heavy atom. The van der Waals surface area contributed by atoms with Gasteiger partial charge < -0.3 is 19.6 Å². The van der Waals surface area contributed by atoms with Crippen LogP contribution in [-0.4, -0.2) is 65.8 Å². The third kappa shape index (κ3) is 4.85. The zero-order valence-electron chi connectivity index (χ0n) is 17.0. The van der Waals surface area contributed by atoms with Crippen molar-refractivity contribution in [2.75, 3.05) is 42.6 Å². The molecule has 2 unspecified atom stereocenters. The van der Waals surface area contributed by atoms with Crippen LogP contribution in [0.4, 0.5) is 24.9 Å². The summed E-state index contributed by atoms with van der Waals surface area (Å²) in [6, 6.07) is 8.63. The van der Waals surface area contributed by atoms with E-state index in [0.29, 0.717) is 32.1 Å². The number of β-amino-alcohol motifs (C(OH)–C–C–N with tert-alkyl or cyclic N) is 1. The molecule has 1 aromatic heterocycles. The highest BCUT2D eigenvalue weighted by Crippen LogP contribution is 2.34. The molecule has 2 aliphatic heterocycles. The number of alkyl halides is 3. The Labute approximate surface area is 177 Å². The van der Waals surface area contributed by atoms with Crippen molar-refractivity contribution in [1.82, 2.24) is 9.55 Å². The second-order valence-corrected chi connectivity index (χ2v) is 7.85. The van der Waals surface area contributed by atoms with Crippen molar-refractivity contribution in [2.24, 2.45) is 0 Å². The minimum absolute atomic E-state index is 0.0466. The van der Waals surface area contributed by atoms with Crippen LogP contribution in [0.15, 0.2) is 41.2 Å². The lowest BCUT2D eigenvalue weighted by Gasteiger charge is -2.40. The SMILES string of the molecule is O=c1cc(N2CCOCC2)nc2n1CCC(C(F)(F)F)N2CC(O)Cc1ccccc1. The molecular weight excluding hydrogens is 413 g/mol. The van der Waals surface area contributed by atoms with Crippen LogP contribution in [0, 0.1) is 0 Å². The molecule has 0 spiro atoms. The van der Waals surface area contributed by atoms with Gasteiger partial charge in [-0.1, -0.05) is 30.3 Å². The summed E-state index contributed by atoms with van der Waals surface area (Å²) in [5.41, 5.74) is 0.428. The molecule has 1 aromatic carbocycles. The Bertz CT molecular complexity index is 945. The molecule has 1 N–H and O–H groups in total. The number of ether oxygens (including phenoxy) is 1. The number of anilines is 2. The van der Waals surface area contributed by atoms with Crippen molar-refractivity contribution >= 4 is 11.8 Å². The zero-order valence-corrected chi connectivity index (χ0v) is 17.0. The number of fused-ring (bicyclic) bond motifs is 1. The lowest BCUT2D eigenvalue weighted by Crippen LogP contribution is -2.55. The van der Waals surface area contributed by atoms with E-state index in [1.165, 1.54) is 10.6 Å². The average molecular weight is 438 g/mol. The minimum Gasteiger partial charge on any atom is -0.391 e. The summed E-state index contributed by atoms with van der Waals surface area (Å²) in [5, 5.41) is 10.6. The fraction of sp³-hybridized carbons (Fsp3) is 0.524. The van der Waals surface area contributed by atoms with Gasteiger partial charge in [-0.15, -0.1) is 0 Å². The fourth-order valence-corrected chi connectivity index (χ4v) is 4.14. The molecule has 4 rings (SSSR count). The van der Waals surface area contributed by atoms with Gasteiger partial charge in [-0.2, -0.15) is 18.2 Å². The number of halogens is 3. The summed E-state index contributed by atoms with van der Waals surface area (Å²) >= 11 is 0. The molecule has 7 nitrogen and oxygen atoms in total. The predicted octanol–water partition coefficient (Wildman–Crippen LogP) is 1.82. The van der Waals surface area contributed by atoms with Crippen LogP contribution in [0.1, 0.15) is 12.0 Å². The molecule has 0 aliphatic carbocycles. The maximum atomic E-state index is 13.9. The molecule has 2 aliphatic rings. The molecule has 10 heteroatoms. The summed E-state index contributed by atoms with van der Waals surface area (Å²) in [7, 11) is 0. The highest BCUT2D eigenvalue weighted by atomic mass is 19.4. The molecule has 0 radical (unpaired) electrons. The van der Waals surface area contributed by atoms with E-state index in [2.05, 4.69) is 4.98 Å². The maximum Gasteiger partial charge on any atom is 0.408 e. The number of benzene rings is 1. The van der Waals surface area contributed by atoms with Gasteiger partial charge in [0.15, 0.2) is 0 Å². The number of aromatic nitrogens is 2. The van der Waals surface area contributed by atoms with Gasteiger partial charge in [0.25, 0.3) is 5.56 Å². The number of hydrogen-bond acceptors (Lipinski definition) is 6. The van der Waals surface area contributed by atoms with Crippen molar-refractivity contribution in [3.05, 3.63) is 52.3 Å². The van der Waals surface area contributed by atoms with Gasteiger partial charge in [0.05, 0.1) is 19.3 Å². The van der Waals surface area contributed by atoms with Crippen LogP contribution < -0.4 is 15.4 Å². The van der Waals surface area contributed by atoms with Gasteiger partial charge in [0.2, 0.25) is 5.95 Å². The Balaban J connectivity index is 1.66. The van der Waals surface area contributed by atoms with E-state index in [9.17, 15) is 23.1 Å². The smallest absolute Gasteiger partial charge is 0.391 e. The van der Waals surface area contributed by atoms with E-state index in [4.69, 9.17) is 4.74 Å². The molecule has 1 saturated heterocycles. The van der Waals surface area contributed by atoms with Crippen molar-refractivity contribution in [3.8, 4) is 0 Å². The number of morpholine rings is 1. The summed E-state index contributed by atoms with van der Waals surface area (Å²) in [6.45, 7) is 1.60. The lowest BCUT2D eigenvalue weighted by molar-refractivity contribution is -0.153. The summed E-state index contributed by atoms with van der Waals surface area (Å²) in [4.78, 5) is 20.0. The largest absolute Gasteiger partial charge is 0.408 e. The molecule has 1 fully saturated rings. The Hall–Kier alpha value is -2.59. The second kappa shape index (κ2) is 8.88. The summed E-state index contributed by atoms with van der Waals surface area (Å²) in [5.74, 6) is 0.291. The van der Waals surface area contributed by atoms with Crippen LogP contribution in [0.3, 0.4) is 0 Å². The fourth-order valence-electron chi connectivity index (χ4n) is 4.14. The molecule has 0 saturated carbocycles. The average Bonchev–Trinajstić information content (AvgIpc) is 2.74. The summed E-state index contributed by atoms with van der Waals surface area (Å²) in [6.07, 6.45) is -5.63. The monoisotopic (exact) mass is 438 g/mol. The molecule has 0 bridgehead atoms. The topological polar surface area (TPSA) is 70.8 Å². The van der Waals surface area contributed by atoms with Crippen LogP contribution in [0.25, 0.3) is 0 Å². The first-order valence-electron chi connectivity index (χ1n) is 10.3. The van der Waals surface area contributed by atoms with Crippen LogP contribution in [0.5, 0.6) is 0 Å². The molecule has 168 valence electrons. The lowest BCUT2D eigenvalue weighted by atomic mass is 10.0. The second-order valence-electron chi connectivity index (χ2n) is 7.85. The van der Waals surface area contributed by atoms with Crippen LogP contribution in [-0.2, 0) is 17.7 Å². The van der Waals surface area contributed by atoms with Gasteiger partial charge in [-0.05, 0) is 12.0 Å². The van der Waals surface area contributed by atoms with Crippen molar-refractivity contribution < 1.29 is 23.0 Å². The van der Waals surface area contributed by atoms with Crippen molar-refractivity contribution in [1.29, 1.82) is 0 Å². The first-order chi connectivity index (χ1) is 14.8. The van der Waals surface area contributed by atoms with Gasteiger partial charge in [0, 0.05) is 38.7 Å². The minimum atomic E-state index is -4.51. The molecule has 3 heterocycles.